The Morgan fingerprint density at radius 3 is 2.12 bits per heavy atom. The third-order valence-corrected chi connectivity index (χ3v) is 6.06. The topological polar surface area (TPSA) is 73.1 Å². The van der Waals surface area contributed by atoms with Gasteiger partial charge in [0.1, 0.15) is 7.14 Å². The van der Waals surface area contributed by atoms with E-state index in [-0.39, 0.29) is 32.7 Å². The molecule has 1 radical (unpaired) electrons. The normalized spacial score (nSPS) is 10.8. The molecule has 3 rings (SSSR count). The standard InChI is InChI=1S/C25H29N5OP.Y/c1-17-12-18(2)24(19(3)13-17)30(16-32(6,7)31)23-14-20(4)27-25(28-23)29(5)22-10-8-21(15-26)9-11-22;/h8-13H,16H2,1-7H3;/q-1;. The summed E-state index contributed by atoms with van der Waals surface area (Å²) in [5.41, 5.74) is 6.54. The van der Waals surface area contributed by atoms with Crippen LogP contribution in [0.4, 0.5) is 23.1 Å². The maximum absolute atomic E-state index is 12.9. The van der Waals surface area contributed by atoms with Crippen LogP contribution in [-0.2, 0) is 37.3 Å². The van der Waals surface area contributed by atoms with Gasteiger partial charge in [-0.3, -0.25) is 4.98 Å². The van der Waals surface area contributed by atoms with E-state index in [0.29, 0.717) is 29.3 Å². The Kier molecular flexibility index (Phi) is 8.99. The fourth-order valence-corrected chi connectivity index (χ4v) is 4.78. The van der Waals surface area contributed by atoms with Gasteiger partial charge < -0.3 is 20.4 Å². The monoisotopic (exact) mass is 535 g/mol. The molecule has 0 amide bonds. The molecule has 3 aromatic rings. The van der Waals surface area contributed by atoms with Crippen LogP contribution >= 0.6 is 7.14 Å². The largest absolute Gasteiger partial charge is 0.405 e. The second kappa shape index (κ2) is 10.9. The van der Waals surface area contributed by atoms with Crippen molar-refractivity contribution in [3.63, 3.8) is 0 Å². The average molecular weight is 535 g/mol. The van der Waals surface area contributed by atoms with Gasteiger partial charge in [0, 0.05) is 51.1 Å². The predicted molar refractivity (Wildman–Crippen MR) is 132 cm³/mol. The molecule has 0 aliphatic carbocycles. The molecule has 0 aliphatic heterocycles. The SMILES string of the molecule is Cc1cc(C)c(N(CP(C)(C)=O)c2[c-]c(C)nc(N(C)c3ccc(C#N)cc3)n2)c(C)c1.[Y]. The maximum atomic E-state index is 12.9. The molecular formula is C25H29N5OPY-. The first-order valence-corrected chi connectivity index (χ1v) is 13.2. The van der Waals surface area contributed by atoms with Crippen LogP contribution in [0.5, 0.6) is 0 Å². The van der Waals surface area contributed by atoms with Crippen LogP contribution in [0.3, 0.4) is 0 Å². The summed E-state index contributed by atoms with van der Waals surface area (Å²) < 4.78 is 12.9. The molecular weight excluding hydrogens is 506 g/mol. The summed E-state index contributed by atoms with van der Waals surface area (Å²) in [5.74, 6) is 1.10. The molecule has 0 saturated heterocycles. The van der Waals surface area contributed by atoms with Gasteiger partial charge in [-0.25, -0.2) is 4.98 Å². The molecule has 0 N–H and O–H groups in total. The van der Waals surface area contributed by atoms with Gasteiger partial charge in [0.2, 0.25) is 5.95 Å². The van der Waals surface area contributed by atoms with Crippen molar-refractivity contribution in [2.45, 2.75) is 27.7 Å². The number of anilines is 4. The van der Waals surface area contributed by atoms with Crippen LogP contribution in [0, 0.1) is 45.1 Å². The molecule has 33 heavy (non-hydrogen) atoms. The molecule has 8 heteroatoms. The molecule has 0 atom stereocenters. The van der Waals surface area contributed by atoms with Gasteiger partial charge >= 0.3 is 0 Å². The predicted octanol–water partition coefficient (Wildman–Crippen LogP) is 5.87. The Balaban J connectivity index is 0.00000385. The van der Waals surface area contributed by atoms with Gasteiger partial charge in [0.25, 0.3) is 0 Å². The second-order valence-electron chi connectivity index (χ2n) is 8.67. The summed E-state index contributed by atoms with van der Waals surface area (Å²) >= 11 is 0. The number of nitrogens with zero attached hydrogens (tertiary/aromatic N) is 5. The summed E-state index contributed by atoms with van der Waals surface area (Å²) in [6.45, 7) is 11.7. The van der Waals surface area contributed by atoms with Crippen LogP contribution in [0.1, 0.15) is 27.9 Å². The fourth-order valence-electron chi connectivity index (χ4n) is 3.82. The van der Waals surface area contributed by atoms with E-state index < -0.39 is 7.14 Å². The molecule has 2 aromatic carbocycles. The molecule has 0 fully saturated rings. The first-order valence-electron chi connectivity index (χ1n) is 10.4. The maximum Gasteiger partial charge on any atom is 0.226 e. The van der Waals surface area contributed by atoms with Crippen LogP contribution < -0.4 is 9.80 Å². The second-order valence-corrected chi connectivity index (χ2v) is 12.1. The van der Waals surface area contributed by atoms with E-state index in [1.807, 2.05) is 35.9 Å². The van der Waals surface area contributed by atoms with E-state index in [4.69, 9.17) is 10.2 Å². The van der Waals surface area contributed by atoms with Crippen molar-refractivity contribution in [3.8, 4) is 6.07 Å². The van der Waals surface area contributed by atoms with Gasteiger partial charge in [-0.05, 0) is 75.3 Å². The van der Waals surface area contributed by atoms with Crippen LogP contribution in [0.25, 0.3) is 0 Å². The first-order chi connectivity index (χ1) is 15.0. The number of nitriles is 1. The summed E-state index contributed by atoms with van der Waals surface area (Å²) in [4.78, 5) is 13.3. The number of aromatic nitrogens is 2. The molecule has 0 aliphatic rings. The summed E-state index contributed by atoms with van der Waals surface area (Å²) in [5, 5.41) is 9.06. The Hall–Kier alpha value is -2.06. The molecule has 0 unspecified atom stereocenters. The van der Waals surface area contributed by atoms with Gasteiger partial charge in [-0.2, -0.15) is 5.26 Å². The van der Waals surface area contributed by atoms with Crippen molar-refractivity contribution >= 4 is 30.3 Å². The summed E-state index contributed by atoms with van der Waals surface area (Å²) in [6.07, 6.45) is 0.352. The minimum Gasteiger partial charge on any atom is -0.405 e. The minimum atomic E-state index is -2.42. The Bertz CT molecular complexity index is 1210. The summed E-state index contributed by atoms with van der Waals surface area (Å²) in [6, 6.07) is 16.9. The zero-order valence-corrected chi connectivity index (χ0v) is 24.1. The first kappa shape index (κ1) is 27.2. The number of aryl methyl sites for hydroxylation is 4. The quantitative estimate of drug-likeness (QED) is 0.291. The Morgan fingerprint density at radius 2 is 1.61 bits per heavy atom. The van der Waals surface area contributed by atoms with E-state index in [1.54, 1.807) is 25.5 Å². The molecule has 0 saturated carbocycles. The number of rotatable bonds is 6. The molecule has 0 bridgehead atoms. The number of hydrogen-bond acceptors (Lipinski definition) is 6. The Morgan fingerprint density at radius 1 is 1.03 bits per heavy atom. The average Bonchev–Trinajstić information content (AvgIpc) is 2.70. The third-order valence-electron chi connectivity index (χ3n) is 5.09. The van der Waals surface area contributed by atoms with E-state index in [9.17, 15) is 4.57 Å². The van der Waals surface area contributed by atoms with Crippen molar-refractivity contribution in [1.82, 2.24) is 9.97 Å². The van der Waals surface area contributed by atoms with Crippen molar-refractivity contribution in [2.24, 2.45) is 0 Å². The fraction of sp³-hybridized carbons (Fsp3) is 0.320. The molecule has 1 aromatic heterocycles. The van der Waals surface area contributed by atoms with Crippen LogP contribution in [0.2, 0.25) is 0 Å². The molecule has 0 spiro atoms. The Labute approximate surface area is 222 Å². The zero-order valence-electron chi connectivity index (χ0n) is 20.3. The minimum absolute atomic E-state index is 0. The molecule has 6 nitrogen and oxygen atoms in total. The zero-order chi connectivity index (χ0) is 23.6. The van der Waals surface area contributed by atoms with E-state index >= 15 is 0 Å². The van der Waals surface area contributed by atoms with Gasteiger partial charge in [-0.15, -0.1) is 5.69 Å². The van der Waals surface area contributed by atoms with Crippen molar-refractivity contribution in [3.05, 3.63) is 70.4 Å². The number of hydrogen-bond donors (Lipinski definition) is 0. The smallest absolute Gasteiger partial charge is 0.226 e. The van der Waals surface area contributed by atoms with E-state index in [2.05, 4.69) is 50.0 Å². The van der Waals surface area contributed by atoms with Crippen molar-refractivity contribution in [2.75, 3.05) is 36.5 Å². The van der Waals surface area contributed by atoms with Gasteiger partial charge in [-0.1, -0.05) is 24.6 Å². The van der Waals surface area contributed by atoms with Crippen molar-refractivity contribution in [1.29, 1.82) is 5.26 Å². The van der Waals surface area contributed by atoms with E-state index in [0.717, 1.165) is 22.5 Å². The van der Waals surface area contributed by atoms with Crippen molar-refractivity contribution < 1.29 is 37.3 Å². The molecule has 169 valence electrons. The van der Waals surface area contributed by atoms with Gasteiger partial charge in [0.05, 0.1) is 17.9 Å². The van der Waals surface area contributed by atoms with Crippen LogP contribution in [0.15, 0.2) is 36.4 Å². The summed E-state index contributed by atoms with van der Waals surface area (Å²) in [7, 11) is -0.538. The number of benzene rings is 2. The van der Waals surface area contributed by atoms with Gasteiger partial charge in [0.15, 0.2) is 0 Å². The molecule has 1 heterocycles. The van der Waals surface area contributed by atoms with Crippen LogP contribution in [-0.4, -0.2) is 36.6 Å². The van der Waals surface area contributed by atoms with E-state index in [1.165, 1.54) is 5.56 Å². The third kappa shape index (κ3) is 6.73.